The molecule has 136 valence electrons. The van der Waals surface area contributed by atoms with E-state index in [1.807, 2.05) is 4.68 Å². The van der Waals surface area contributed by atoms with Crippen molar-refractivity contribution in [2.75, 3.05) is 11.9 Å². The number of nitrogens with one attached hydrogen (secondary N) is 2. The molecule has 0 aliphatic heterocycles. The third kappa shape index (κ3) is 4.97. The van der Waals surface area contributed by atoms with Gasteiger partial charge in [0.05, 0.1) is 17.6 Å². The van der Waals surface area contributed by atoms with Gasteiger partial charge in [0, 0.05) is 25.1 Å². The van der Waals surface area contributed by atoms with E-state index in [9.17, 15) is 9.90 Å². The average molecular weight is 336 g/mol. The maximum atomic E-state index is 12.4. The third-order valence-electron chi connectivity index (χ3n) is 4.78. The molecule has 0 spiro atoms. The normalized spacial score (nSPS) is 21.5. The van der Waals surface area contributed by atoms with Gasteiger partial charge in [-0.15, -0.1) is 0 Å². The second-order valence-electron chi connectivity index (χ2n) is 7.22. The Bertz CT molecular complexity index is 527. The molecule has 1 aliphatic carbocycles. The summed E-state index contributed by atoms with van der Waals surface area (Å²) in [5.41, 5.74) is 1.84. The second-order valence-corrected chi connectivity index (χ2v) is 7.22. The van der Waals surface area contributed by atoms with Crippen molar-refractivity contribution in [1.29, 1.82) is 0 Å². The lowest BCUT2D eigenvalue weighted by Gasteiger charge is -2.24. The minimum Gasteiger partial charge on any atom is -0.396 e. The lowest BCUT2D eigenvalue weighted by molar-refractivity contribution is 0.182. The number of anilines is 1. The first-order chi connectivity index (χ1) is 11.5. The van der Waals surface area contributed by atoms with Gasteiger partial charge >= 0.3 is 6.03 Å². The number of carbonyl (C=O) groups excluding carboxylic acids is 1. The van der Waals surface area contributed by atoms with Gasteiger partial charge in [-0.05, 0) is 25.2 Å². The van der Waals surface area contributed by atoms with E-state index < -0.39 is 0 Å². The number of amides is 2. The Morgan fingerprint density at radius 2 is 2.12 bits per heavy atom. The molecule has 0 radical (unpaired) electrons. The SMILES string of the molecule is CCc1c(NC(=O)NC2CCCCCC2CO)cnn1CC(C)C. The lowest BCUT2D eigenvalue weighted by Crippen LogP contribution is -2.43. The molecule has 2 amide bonds. The van der Waals surface area contributed by atoms with Crippen LogP contribution in [0.4, 0.5) is 10.5 Å². The topological polar surface area (TPSA) is 79.2 Å². The number of aliphatic hydroxyl groups excluding tert-OH is 1. The fourth-order valence-electron chi connectivity index (χ4n) is 3.51. The molecule has 6 heteroatoms. The van der Waals surface area contributed by atoms with Crippen molar-refractivity contribution in [1.82, 2.24) is 15.1 Å². The molecule has 6 nitrogen and oxygen atoms in total. The van der Waals surface area contributed by atoms with Crippen molar-refractivity contribution in [3.8, 4) is 0 Å². The van der Waals surface area contributed by atoms with Crippen LogP contribution in [0.3, 0.4) is 0 Å². The predicted octanol–water partition coefficient (Wildman–Crippen LogP) is 3.16. The van der Waals surface area contributed by atoms with Gasteiger partial charge < -0.3 is 15.7 Å². The summed E-state index contributed by atoms with van der Waals surface area (Å²) in [6, 6.07) is -0.146. The second kappa shape index (κ2) is 9.06. The number of hydrogen-bond acceptors (Lipinski definition) is 3. The number of nitrogens with zero attached hydrogens (tertiary/aromatic N) is 2. The van der Waals surface area contributed by atoms with E-state index in [0.717, 1.165) is 50.0 Å². The Labute approximate surface area is 145 Å². The van der Waals surface area contributed by atoms with Crippen LogP contribution in [0.15, 0.2) is 6.20 Å². The summed E-state index contributed by atoms with van der Waals surface area (Å²) in [5, 5.41) is 20.0. The molecule has 3 N–H and O–H groups in total. The van der Waals surface area contributed by atoms with E-state index >= 15 is 0 Å². The lowest BCUT2D eigenvalue weighted by atomic mass is 9.96. The molecular formula is C18H32N4O2. The van der Waals surface area contributed by atoms with Gasteiger partial charge in [0.2, 0.25) is 0 Å². The summed E-state index contributed by atoms with van der Waals surface area (Å²) in [4.78, 5) is 12.4. The highest BCUT2D eigenvalue weighted by Crippen LogP contribution is 2.23. The quantitative estimate of drug-likeness (QED) is 0.698. The van der Waals surface area contributed by atoms with Gasteiger partial charge in [-0.2, -0.15) is 5.10 Å². The van der Waals surface area contributed by atoms with Crippen molar-refractivity contribution >= 4 is 11.7 Å². The van der Waals surface area contributed by atoms with Gasteiger partial charge in [0.15, 0.2) is 0 Å². The first-order valence-electron chi connectivity index (χ1n) is 9.28. The Morgan fingerprint density at radius 1 is 1.38 bits per heavy atom. The van der Waals surface area contributed by atoms with Gasteiger partial charge in [-0.25, -0.2) is 4.79 Å². The summed E-state index contributed by atoms with van der Waals surface area (Å²) in [6.45, 7) is 7.37. The Balaban J connectivity index is 1.99. The number of aromatic nitrogens is 2. The smallest absolute Gasteiger partial charge is 0.319 e. The maximum Gasteiger partial charge on any atom is 0.319 e. The van der Waals surface area contributed by atoms with Gasteiger partial charge in [0.25, 0.3) is 0 Å². The monoisotopic (exact) mass is 336 g/mol. The standard InChI is InChI=1S/C18H32N4O2/c1-4-17-16(10-19-22(17)11-13(2)3)21-18(24)20-15-9-7-5-6-8-14(15)12-23/h10,13-15,23H,4-9,11-12H2,1-3H3,(H2,20,21,24). The number of urea groups is 1. The van der Waals surface area contributed by atoms with Gasteiger partial charge in [0.1, 0.15) is 0 Å². The van der Waals surface area contributed by atoms with Crippen LogP contribution in [0.25, 0.3) is 0 Å². The third-order valence-corrected chi connectivity index (χ3v) is 4.78. The van der Waals surface area contributed by atoms with Crippen LogP contribution in [0.2, 0.25) is 0 Å². The zero-order chi connectivity index (χ0) is 17.5. The largest absolute Gasteiger partial charge is 0.396 e. The van der Waals surface area contributed by atoms with Crippen LogP contribution in [0, 0.1) is 11.8 Å². The molecule has 0 saturated heterocycles. The van der Waals surface area contributed by atoms with E-state index in [0.29, 0.717) is 5.92 Å². The Kier molecular flexibility index (Phi) is 7.09. The fourth-order valence-corrected chi connectivity index (χ4v) is 3.51. The average Bonchev–Trinajstić information content (AvgIpc) is 2.76. The van der Waals surface area contributed by atoms with Crippen molar-refractivity contribution in [3.05, 3.63) is 11.9 Å². The van der Waals surface area contributed by atoms with Crippen LogP contribution < -0.4 is 10.6 Å². The van der Waals surface area contributed by atoms with Crippen molar-refractivity contribution in [2.24, 2.45) is 11.8 Å². The van der Waals surface area contributed by atoms with Gasteiger partial charge in [-0.1, -0.05) is 40.0 Å². The highest BCUT2D eigenvalue weighted by atomic mass is 16.3. The zero-order valence-electron chi connectivity index (χ0n) is 15.2. The van der Waals surface area contributed by atoms with E-state index in [-0.39, 0.29) is 24.6 Å². The summed E-state index contributed by atoms with van der Waals surface area (Å²) in [5.74, 6) is 0.667. The fraction of sp³-hybridized carbons (Fsp3) is 0.778. The number of rotatable bonds is 6. The molecule has 2 atom stereocenters. The minimum atomic E-state index is -0.195. The van der Waals surface area contributed by atoms with Crippen molar-refractivity contribution in [2.45, 2.75) is 71.9 Å². The van der Waals surface area contributed by atoms with E-state index in [1.54, 1.807) is 6.20 Å². The van der Waals surface area contributed by atoms with Crippen molar-refractivity contribution < 1.29 is 9.90 Å². The Hall–Kier alpha value is -1.56. The number of hydrogen-bond donors (Lipinski definition) is 3. The molecular weight excluding hydrogens is 304 g/mol. The minimum absolute atomic E-state index is 0.0493. The number of aliphatic hydroxyl groups is 1. The first kappa shape index (κ1) is 18.8. The highest BCUT2D eigenvalue weighted by molar-refractivity contribution is 5.89. The molecule has 1 aromatic rings. The van der Waals surface area contributed by atoms with Crippen LogP contribution in [-0.2, 0) is 13.0 Å². The molecule has 1 aliphatic rings. The predicted molar refractivity (Wildman–Crippen MR) is 96.0 cm³/mol. The Morgan fingerprint density at radius 3 is 2.79 bits per heavy atom. The van der Waals surface area contributed by atoms with Crippen molar-refractivity contribution in [3.63, 3.8) is 0 Å². The van der Waals surface area contributed by atoms with Crippen LogP contribution >= 0.6 is 0 Å². The van der Waals surface area contributed by atoms with E-state index in [1.165, 1.54) is 6.42 Å². The molecule has 0 bridgehead atoms. The van der Waals surface area contributed by atoms with Crippen LogP contribution in [0.1, 0.15) is 58.6 Å². The van der Waals surface area contributed by atoms with Crippen LogP contribution in [-0.4, -0.2) is 33.6 Å². The van der Waals surface area contributed by atoms with E-state index in [2.05, 4.69) is 36.5 Å². The van der Waals surface area contributed by atoms with Gasteiger partial charge in [-0.3, -0.25) is 4.68 Å². The maximum absolute atomic E-state index is 12.4. The van der Waals surface area contributed by atoms with Crippen LogP contribution in [0.5, 0.6) is 0 Å². The van der Waals surface area contributed by atoms with E-state index in [4.69, 9.17) is 0 Å². The summed E-state index contributed by atoms with van der Waals surface area (Å²) in [6.07, 6.45) is 7.89. The first-order valence-corrected chi connectivity index (χ1v) is 9.28. The summed E-state index contributed by atoms with van der Waals surface area (Å²) < 4.78 is 1.97. The molecule has 1 fully saturated rings. The molecule has 2 unspecified atom stereocenters. The molecule has 1 heterocycles. The highest BCUT2D eigenvalue weighted by Gasteiger charge is 2.25. The molecule has 2 rings (SSSR count). The summed E-state index contributed by atoms with van der Waals surface area (Å²) >= 11 is 0. The molecule has 1 saturated carbocycles. The molecule has 1 aromatic heterocycles. The molecule has 0 aromatic carbocycles. The summed E-state index contributed by atoms with van der Waals surface area (Å²) in [7, 11) is 0. The zero-order valence-corrected chi connectivity index (χ0v) is 15.2. The number of carbonyl (C=O) groups is 1. The molecule has 24 heavy (non-hydrogen) atoms.